The van der Waals surface area contributed by atoms with Crippen molar-refractivity contribution in [3.63, 3.8) is 0 Å². The minimum atomic E-state index is -3.74. The van der Waals surface area contributed by atoms with Gasteiger partial charge < -0.3 is 4.90 Å². The quantitative estimate of drug-likeness (QED) is 0.776. The maximum Gasteiger partial charge on any atom is 0.241 e. The number of carbonyl (C=O) groups is 1. The van der Waals surface area contributed by atoms with Crippen LogP contribution in [-0.4, -0.2) is 38.4 Å². The van der Waals surface area contributed by atoms with E-state index in [1.807, 2.05) is 18.7 Å². The Morgan fingerprint density at radius 3 is 2.08 bits per heavy atom. The Bertz CT molecular complexity index is 666. The fraction of sp³-hybridized carbons (Fsp3) is 0.611. The van der Waals surface area contributed by atoms with Gasteiger partial charge in [0.25, 0.3) is 0 Å². The highest BCUT2D eigenvalue weighted by Crippen LogP contribution is 2.18. The molecule has 1 aliphatic rings. The highest BCUT2D eigenvalue weighted by molar-refractivity contribution is 9.10. The number of amides is 1. The number of rotatable bonds is 5. The number of nitrogens with zero attached hydrogens (tertiary/aromatic N) is 1. The Labute approximate surface area is 159 Å². The predicted octanol–water partition coefficient (Wildman–Crippen LogP) is 3.54. The smallest absolute Gasteiger partial charge is 0.241 e. The molecule has 1 N–H and O–H groups in total. The second-order valence-corrected chi connectivity index (χ2v) is 9.52. The van der Waals surface area contributed by atoms with Crippen molar-refractivity contribution in [2.24, 2.45) is 5.92 Å². The molecule has 0 spiro atoms. The van der Waals surface area contributed by atoms with Crippen molar-refractivity contribution in [2.45, 2.75) is 56.9 Å². The molecule has 1 heterocycles. The molecule has 2 rings (SSSR count). The van der Waals surface area contributed by atoms with Crippen molar-refractivity contribution in [3.05, 3.63) is 28.7 Å². The molecular formula is C18H27BrN2O3S. The summed E-state index contributed by atoms with van der Waals surface area (Å²) in [5.74, 6) is -0.235. The van der Waals surface area contributed by atoms with Crippen LogP contribution in [0.15, 0.2) is 33.6 Å². The lowest BCUT2D eigenvalue weighted by Crippen LogP contribution is -2.51. The summed E-state index contributed by atoms with van der Waals surface area (Å²) in [7, 11) is -3.74. The molecule has 7 heteroatoms. The van der Waals surface area contributed by atoms with E-state index in [1.165, 1.54) is 18.6 Å². The Morgan fingerprint density at radius 1 is 1.04 bits per heavy atom. The highest BCUT2D eigenvalue weighted by atomic mass is 79.9. The van der Waals surface area contributed by atoms with E-state index in [4.69, 9.17) is 0 Å². The van der Waals surface area contributed by atoms with Crippen LogP contribution in [0.25, 0.3) is 0 Å². The predicted molar refractivity (Wildman–Crippen MR) is 103 cm³/mol. The molecule has 1 aromatic carbocycles. The van der Waals surface area contributed by atoms with Gasteiger partial charge >= 0.3 is 0 Å². The van der Waals surface area contributed by atoms with E-state index in [9.17, 15) is 13.2 Å². The summed E-state index contributed by atoms with van der Waals surface area (Å²) in [6.07, 6.45) is 5.43. The summed E-state index contributed by atoms with van der Waals surface area (Å²) in [5.41, 5.74) is 0. The average molecular weight is 431 g/mol. The maximum atomic E-state index is 13.0. The molecule has 0 unspecified atom stereocenters. The van der Waals surface area contributed by atoms with Gasteiger partial charge in [0.15, 0.2) is 0 Å². The molecule has 25 heavy (non-hydrogen) atoms. The molecule has 1 aromatic rings. The van der Waals surface area contributed by atoms with Gasteiger partial charge in [0.2, 0.25) is 15.9 Å². The van der Waals surface area contributed by atoms with Gasteiger partial charge in [-0.2, -0.15) is 4.72 Å². The molecule has 0 saturated carbocycles. The molecule has 0 aromatic heterocycles. The number of carbonyl (C=O) groups excluding carboxylic acids is 1. The molecule has 0 bridgehead atoms. The lowest BCUT2D eigenvalue weighted by atomic mass is 10.0. The number of nitrogens with one attached hydrogen (secondary N) is 1. The van der Waals surface area contributed by atoms with E-state index in [2.05, 4.69) is 20.7 Å². The third-order valence-corrected chi connectivity index (χ3v) is 6.49. The van der Waals surface area contributed by atoms with Crippen LogP contribution in [-0.2, 0) is 14.8 Å². The van der Waals surface area contributed by atoms with Crippen LogP contribution >= 0.6 is 15.9 Å². The summed E-state index contributed by atoms with van der Waals surface area (Å²) in [5, 5.41) is 0. The van der Waals surface area contributed by atoms with E-state index in [0.29, 0.717) is 13.1 Å². The first kappa shape index (κ1) is 20.4. The summed E-state index contributed by atoms with van der Waals surface area (Å²) in [6, 6.07) is 5.68. The Hall–Kier alpha value is -0.920. The molecular weight excluding hydrogens is 404 g/mol. The number of halogens is 1. The lowest BCUT2D eigenvalue weighted by molar-refractivity contribution is -0.134. The minimum Gasteiger partial charge on any atom is -0.341 e. The number of hydrogen-bond acceptors (Lipinski definition) is 3. The van der Waals surface area contributed by atoms with Crippen LogP contribution in [0.5, 0.6) is 0 Å². The van der Waals surface area contributed by atoms with Crippen molar-refractivity contribution in [2.75, 3.05) is 13.1 Å². The second kappa shape index (κ2) is 9.14. The summed E-state index contributed by atoms with van der Waals surface area (Å²) in [6.45, 7) is 5.16. The van der Waals surface area contributed by atoms with Gasteiger partial charge in [0, 0.05) is 17.6 Å². The fourth-order valence-electron chi connectivity index (χ4n) is 2.99. The van der Waals surface area contributed by atoms with Gasteiger partial charge in [-0.1, -0.05) is 49.0 Å². The van der Waals surface area contributed by atoms with Gasteiger partial charge in [0.05, 0.1) is 4.90 Å². The lowest BCUT2D eigenvalue weighted by Gasteiger charge is -2.31. The van der Waals surface area contributed by atoms with E-state index in [0.717, 1.165) is 30.2 Å². The SMILES string of the molecule is CC(C)[C@H](NS(=O)(=O)c1ccc(Br)cc1)C(=O)N1CCCCCCC1. The summed E-state index contributed by atoms with van der Waals surface area (Å²) >= 11 is 3.30. The van der Waals surface area contributed by atoms with E-state index < -0.39 is 16.1 Å². The fourth-order valence-corrected chi connectivity index (χ4v) is 4.59. The van der Waals surface area contributed by atoms with Gasteiger partial charge in [-0.3, -0.25) is 4.79 Å². The van der Waals surface area contributed by atoms with E-state index >= 15 is 0 Å². The molecule has 140 valence electrons. The zero-order valence-corrected chi connectivity index (χ0v) is 17.3. The molecule has 1 saturated heterocycles. The van der Waals surface area contributed by atoms with Crippen LogP contribution in [0.3, 0.4) is 0 Å². The standard InChI is InChI=1S/C18H27BrN2O3S/c1-14(2)17(18(22)21-12-6-4-3-5-7-13-21)20-25(23,24)16-10-8-15(19)9-11-16/h8-11,14,17,20H,3-7,12-13H2,1-2H3/t17-/m0/s1. The number of hydrogen-bond donors (Lipinski definition) is 1. The third-order valence-electron chi connectivity index (χ3n) is 4.51. The Morgan fingerprint density at radius 2 is 1.56 bits per heavy atom. The third kappa shape index (κ3) is 5.79. The van der Waals surface area contributed by atoms with Crippen molar-refractivity contribution >= 4 is 31.9 Å². The van der Waals surface area contributed by atoms with Gasteiger partial charge in [-0.15, -0.1) is 0 Å². The molecule has 0 radical (unpaired) electrons. The second-order valence-electron chi connectivity index (χ2n) is 6.89. The van der Waals surface area contributed by atoms with Crippen LogP contribution in [0.4, 0.5) is 0 Å². The normalized spacial score (nSPS) is 17.8. The molecule has 0 aliphatic carbocycles. The van der Waals surface area contributed by atoms with Crippen LogP contribution in [0, 0.1) is 5.92 Å². The summed E-state index contributed by atoms with van der Waals surface area (Å²) in [4.78, 5) is 15.0. The zero-order chi connectivity index (χ0) is 18.4. The number of sulfonamides is 1. The van der Waals surface area contributed by atoms with E-state index in [-0.39, 0.29) is 16.7 Å². The topological polar surface area (TPSA) is 66.5 Å². The van der Waals surface area contributed by atoms with Crippen molar-refractivity contribution < 1.29 is 13.2 Å². The largest absolute Gasteiger partial charge is 0.341 e. The molecule has 5 nitrogen and oxygen atoms in total. The van der Waals surface area contributed by atoms with E-state index in [1.54, 1.807) is 12.1 Å². The molecule has 1 aliphatic heterocycles. The van der Waals surface area contributed by atoms with Gasteiger partial charge in [-0.05, 0) is 43.0 Å². The molecule has 1 amide bonds. The van der Waals surface area contributed by atoms with Crippen LogP contribution < -0.4 is 4.72 Å². The van der Waals surface area contributed by atoms with Crippen molar-refractivity contribution in [1.82, 2.24) is 9.62 Å². The Balaban J connectivity index is 2.16. The number of likely N-dealkylation sites (tertiary alicyclic amines) is 1. The number of benzene rings is 1. The van der Waals surface area contributed by atoms with Gasteiger partial charge in [-0.25, -0.2) is 8.42 Å². The zero-order valence-electron chi connectivity index (χ0n) is 14.9. The summed E-state index contributed by atoms with van der Waals surface area (Å²) < 4.78 is 28.8. The average Bonchev–Trinajstić information content (AvgIpc) is 2.52. The highest BCUT2D eigenvalue weighted by Gasteiger charge is 2.31. The minimum absolute atomic E-state index is 0.113. The monoisotopic (exact) mass is 430 g/mol. The maximum absolute atomic E-state index is 13.0. The van der Waals surface area contributed by atoms with Gasteiger partial charge in [0.1, 0.15) is 6.04 Å². The van der Waals surface area contributed by atoms with Crippen molar-refractivity contribution in [3.8, 4) is 0 Å². The van der Waals surface area contributed by atoms with Crippen LogP contribution in [0.2, 0.25) is 0 Å². The first-order valence-electron chi connectivity index (χ1n) is 8.88. The molecule has 1 fully saturated rings. The first-order valence-corrected chi connectivity index (χ1v) is 11.2. The first-order chi connectivity index (χ1) is 11.8. The molecule has 1 atom stereocenters. The van der Waals surface area contributed by atoms with Crippen molar-refractivity contribution in [1.29, 1.82) is 0 Å². The Kier molecular flexibility index (Phi) is 7.46. The van der Waals surface area contributed by atoms with Crippen LogP contribution in [0.1, 0.15) is 46.0 Å².